The van der Waals surface area contributed by atoms with Crippen molar-refractivity contribution in [2.75, 3.05) is 5.32 Å². The SMILES string of the molecule is C[C@H]1Oc2ccc(NC(=O)c3cccc(C(F)(F)F)c3)cc2CN(Cc2ccc(F)cc2)C1=O. The zero-order valence-electron chi connectivity index (χ0n) is 18.0. The number of carbonyl (C=O) groups excluding carboxylic acids is 2. The number of halogens is 4. The Kier molecular flexibility index (Phi) is 6.28. The van der Waals surface area contributed by atoms with Crippen molar-refractivity contribution >= 4 is 17.5 Å². The first-order valence-corrected chi connectivity index (χ1v) is 10.4. The van der Waals surface area contributed by atoms with Gasteiger partial charge in [0.15, 0.2) is 6.10 Å². The van der Waals surface area contributed by atoms with Crippen LogP contribution in [0.2, 0.25) is 0 Å². The van der Waals surface area contributed by atoms with Crippen molar-refractivity contribution in [3.05, 3.63) is 94.8 Å². The van der Waals surface area contributed by atoms with E-state index in [9.17, 15) is 27.2 Å². The van der Waals surface area contributed by atoms with Gasteiger partial charge >= 0.3 is 6.18 Å². The number of nitrogens with zero attached hydrogens (tertiary/aromatic N) is 1. The molecule has 4 rings (SSSR count). The predicted molar refractivity (Wildman–Crippen MR) is 117 cm³/mol. The Bertz CT molecular complexity index is 1230. The van der Waals surface area contributed by atoms with Gasteiger partial charge in [-0.2, -0.15) is 13.2 Å². The monoisotopic (exact) mass is 472 g/mol. The zero-order chi connectivity index (χ0) is 24.5. The minimum atomic E-state index is -4.56. The molecule has 1 heterocycles. The summed E-state index contributed by atoms with van der Waals surface area (Å²) in [5.74, 6) is -0.878. The van der Waals surface area contributed by atoms with Crippen LogP contribution < -0.4 is 10.1 Å². The molecular weight excluding hydrogens is 452 g/mol. The summed E-state index contributed by atoms with van der Waals surface area (Å²) in [6, 6.07) is 14.7. The van der Waals surface area contributed by atoms with Crippen LogP contribution in [0.5, 0.6) is 5.75 Å². The third kappa shape index (κ3) is 5.19. The normalized spacial score (nSPS) is 15.9. The number of alkyl halides is 3. The summed E-state index contributed by atoms with van der Waals surface area (Å²) >= 11 is 0. The van der Waals surface area contributed by atoms with E-state index in [4.69, 9.17) is 4.74 Å². The number of hydrogen-bond acceptors (Lipinski definition) is 3. The second kappa shape index (κ2) is 9.17. The van der Waals surface area contributed by atoms with E-state index in [-0.39, 0.29) is 30.4 Å². The summed E-state index contributed by atoms with van der Waals surface area (Å²) in [4.78, 5) is 26.9. The van der Waals surface area contributed by atoms with E-state index in [0.717, 1.165) is 17.7 Å². The van der Waals surface area contributed by atoms with E-state index in [1.165, 1.54) is 24.3 Å². The molecule has 0 radical (unpaired) electrons. The lowest BCUT2D eigenvalue weighted by Crippen LogP contribution is -2.37. The van der Waals surface area contributed by atoms with Crippen LogP contribution >= 0.6 is 0 Å². The smallest absolute Gasteiger partial charge is 0.416 e. The number of carbonyl (C=O) groups is 2. The molecule has 0 unspecified atom stereocenters. The lowest BCUT2D eigenvalue weighted by atomic mass is 10.1. The van der Waals surface area contributed by atoms with Gasteiger partial charge in [0.05, 0.1) is 5.56 Å². The number of ether oxygens (including phenoxy) is 1. The van der Waals surface area contributed by atoms with E-state index < -0.39 is 23.8 Å². The lowest BCUT2D eigenvalue weighted by molar-refractivity contribution is -0.138. The zero-order valence-corrected chi connectivity index (χ0v) is 18.0. The number of anilines is 1. The summed E-state index contributed by atoms with van der Waals surface area (Å²) in [6.07, 6.45) is -5.32. The van der Waals surface area contributed by atoms with Gasteiger partial charge in [-0.05, 0) is 61.0 Å². The van der Waals surface area contributed by atoms with Gasteiger partial charge in [-0.25, -0.2) is 4.39 Å². The summed E-state index contributed by atoms with van der Waals surface area (Å²) < 4.78 is 57.9. The Labute approximate surface area is 193 Å². The molecule has 1 aliphatic rings. The van der Waals surface area contributed by atoms with Gasteiger partial charge in [-0.3, -0.25) is 9.59 Å². The van der Waals surface area contributed by atoms with Crippen molar-refractivity contribution in [3.8, 4) is 5.75 Å². The van der Waals surface area contributed by atoms with Gasteiger partial charge in [0.1, 0.15) is 11.6 Å². The summed E-state index contributed by atoms with van der Waals surface area (Å²) in [7, 11) is 0. The molecule has 5 nitrogen and oxygen atoms in total. The predicted octanol–water partition coefficient (Wildman–Crippen LogP) is 5.41. The fourth-order valence-electron chi connectivity index (χ4n) is 3.66. The lowest BCUT2D eigenvalue weighted by Gasteiger charge is -2.22. The molecule has 0 spiro atoms. The Hall–Kier alpha value is -3.88. The van der Waals surface area contributed by atoms with Gasteiger partial charge in [0.25, 0.3) is 11.8 Å². The number of nitrogens with one attached hydrogen (secondary N) is 1. The molecule has 176 valence electrons. The van der Waals surface area contributed by atoms with Gasteiger partial charge in [0, 0.05) is 29.9 Å². The topological polar surface area (TPSA) is 58.6 Å². The molecule has 3 aromatic carbocycles. The molecule has 34 heavy (non-hydrogen) atoms. The van der Waals surface area contributed by atoms with Crippen LogP contribution in [0, 0.1) is 5.82 Å². The molecule has 0 saturated heterocycles. The molecule has 0 aromatic heterocycles. The van der Waals surface area contributed by atoms with Crippen LogP contribution in [0.15, 0.2) is 66.7 Å². The summed E-state index contributed by atoms with van der Waals surface area (Å²) in [6.45, 7) is 2.02. The standard InChI is InChI=1S/C25H20F4N2O3/c1-15-24(33)31(13-16-5-7-20(26)8-6-16)14-18-12-21(9-10-22(18)34-15)30-23(32)17-3-2-4-19(11-17)25(27,28)29/h2-12,15H,13-14H2,1H3,(H,30,32)/t15-/m1/s1. The molecule has 0 fully saturated rings. The van der Waals surface area contributed by atoms with E-state index >= 15 is 0 Å². The highest BCUT2D eigenvalue weighted by atomic mass is 19.4. The highest BCUT2D eigenvalue weighted by molar-refractivity contribution is 6.04. The Morgan fingerprint density at radius 3 is 2.53 bits per heavy atom. The average molecular weight is 472 g/mol. The molecule has 3 aromatic rings. The van der Waals surface area contributed by atoms with Crippen LogP contribution in [0.25, 0.3) is 0 Å². The fourth-order valence-corrected chi connectivity index (χ4v) is 3.66. The quantitative estimate of drug-likeness (QED) is 0.517. The van der Waals surface area contributed by atoms with Crippen LogP contribution in [0.3, 0.4) is 0 Å². The Morgan fingerprint density at radius 1 is 1.09 bits per heavy atom. The van der Waals surface area contributed by atoms with E-state index in [2.05, 4.69) is 5.32 Å². The van der Waals surface area contributed by atoms with Gasteiger partial charge in [-0.1, -0.05) is 18.2 Å². The molecule has 0 bridgehead atoms. The van der Waals surface area contributed by atoms with Crippen molar-refractivity contribution in [2.24, 2.45) is 0 Å². The fraction of sp³-hybridized carbons (Fsp3) is 0.200. The van der Waals surface area contributed by atoms with Crippen molar-refractivity contribution in [3.63, 3.8) is 0 Å². The van der Waals surface area contributed by atoms with Crippen LogP contribution in [-0.2, 0) is 24.1 Å². The van der Waals surface area contributed by atoms with Crippen molar-refractivity contribution in [1.82, 2.24) is 4.90 Å². The number of fused-ring (bicyclic) bond motifs is 1. The summed E-state index contributed by atoms with van der Waals surface area (Å²) in [5, 5.41) is 2.59. The molecule has 1 atom stereocenters. The number of amides is 2. The van der Waals surface area contributed by atoms with Crippen molar-refractivity contribution in [2.45, 2.75) is 32.3 Å². The number of benzene rings is 3. The van der Waals surface area contributed by atoms with Crippen LogP contribution in [0.4, 0.5) is 23.2 Å². The van der Waals surface area contributed by atoms with Crippen LogP contribution in [0.1, 0.15) is 34.0 Å². The first-order chi connectivity index (χ1) is 16.1. The number of hydrogen-bond donors (Lipinski definition) is 1. The molecule has 1 aliphatic heterocycles. The number of rotatable bonds is 4. The highest BCUT2D eigenvalue weighted by Gasteiger charge is 2.31. The van der Waals surface area contributed by atoms with E-state index in [1.54, 1.807) is 42.2 Å². The highest BCUT2D eigenvalue weighted by Crippen LogP contribution is 2.31. The Balaban J connectivity index is 1.55. The third-order valence-electron chi connectivity index (χ3n) is 5.38. The molecule has 9 heteroatoms. The molecule has 0 saturated carbocycles. The average Bonchev–Trinajstić information content (AvgIpc) is 2.91. The van der Waals surface area contributed by atoms with Crippen LogP contribution in [-0.4, -0.2) is 22.8 Å². The third-order valence-corrected chi connectivity index (χ3v) is 5.38. The minimum Gasteiger partial charge on any atom is -0.481 e. The minimum absolute atomic E-state index is 0.136. The van der Waals surface area contributed by atoms with Gasteiger partial charge in [0.2, 0.25) is 0 Å². The van der Waals surface area contributed by atoms with E-state index in [0.29, 0.717) is 17.0 Å². The maximum atomic E-state index is 13.2. The van der Waals surface area contributed by atoms with Crippen molar-refractivity contribution < 1.29 is 31.9 Å². The second-order valence-electron chi connectivity index (χ2n) is 7.94. The summed E-state index contributed by atoms with van der Waals surface area (Å²) in [5.41, 5.74) is 0.636. The molecular formula is C25H20F4N2O3. The maximum absolute atomic E-state index is 13.2. The van der Waals surface area contributed by atoms with Crippen molar-refractivity contribution in [1.29, 1.82) is 0 Å². The second-order valence-corrected chi connectivity index (χ2v) is 7.94. The molecule has 1 N–H and O–H groups in total. The first kappa shape index (κ1) is 23.3. The Morgan fingerprint density at radius 2 is 1.82 bits per heavy atom. The molecule has 2 amide bonds. The van der Waals surface area contributed by atoms with Gasteiger partial charge < -0.3 is 15.0 Å². The molecule has 0 aliphatic carbocycles. The maximum Gasteiger partial charge on any atom is 0.416 e. The van der Waals surface area contributed by atoms with Gasteiger partial charge in [-0.15, -0.1) is 0 Å². The first-order valence-electron chi connectivity index (χ1n) is 10.4. The van der Waals surface area contributed by atoms with E-state index in [1.807, 2.05) is 0 Å². The largest absolute Gasteiger partial charge is 0.481 e.